The Morgan fingerprint density at radius 1 is 0.930 bits per heavy atom. The highest BCUT2D eigenvalue weighted by Gasteiger charge is 2.57. The van der Waals surface area contributed by atoms with Crippen LogP contribution in [0.3, 0.4) is 0 Å². The van der Waals surface area contributed by atoms with Crippen LogP contribution in [0.4, 0.5) is 0 Å². The van der Waals surface area contributed by atoms with Gasteiger partial charge in [-0.1, -0.05) is 39.8 Å². The summed E-state index contributed by atoms with van der Waals surface area (Å²) in [5, 5.41) is 46.4. The Kier molecular flexibility index (Phi) is 15.6. The lowest BCUT2D eigenvalue weighted by Crippen LogP contribution is -2.64. The van der Waals surface area contributed by atoms with E-state index >= 15 is 0 Å². The van der Waals surface area contributed by atoms with E-state index in [9.17, 15) is 34.8 Å². The van der Waals surface area contributed by atoms with E-state index in [-0.39, 0.29) is 50.4 Å². The summed E-state index contributed by atoms with van der Waals surface area (Å²) in [5.74, 6) is -9.10. The molecule has 5 heterocycles. The molecule has 6 rings (SSSR count). The fourth-order valence-corrected chi connectivity index (χ4v) is 9.94. The molecule has 4 fully saturated rings. The highest BCUT2D eigenvalue weighted by atomic mass is 16.7. The molecule has 14 nitrogen and oxygen atoms in total. The number of rotatable bonds is 6. The molecule has 15 atom stereocenters. The second kappa shape index (κ2) is 19.4. The third kappa shape index (κ3) is 10.0. The number of piperidine rings is 1. The number of aliphatic hydroxyl groups is 4. The fourth-order valence-electron chi connectivity index (χ4n) is 9.94. The van der Waals surface area contributed by atoms with Gasteiger partial charge in [0.1, 0.15) is 18.2 Å². The van der Waals surface area contributed by atoms with Gasteiger partial charge in [-0.15, -0.1) is 0 Å². The molecule has 324 valence electrons. The van der Waals surface area contributed by atoms with Crippen LogP contribution in [0.1, 0.15) is 105 Å². The molecule has 0 radical (unpaired) electrons. The predicted molar refractivity (Wildman–Crippen MR) is 208 cm³/mol. The molecule has 5 aliphatic heterocycles. The highest BCUT2D eigenvalue weighted by Crippen LogP contribution is 2.41. The summed E-state index contributed by atoms with van der Waals surface area (Å²) in [7, 11) is 4.63. The standard InChI is InChI=1S/C43H69NO13/c1-9-30-20-29-16-24(2)17-35(53-7)38-36(54-8)19-26(4)43(51,57-38)39(47)40(48)44-15-11-10-12-31(44)41(49)56-37(27(5)33(46)22-42(30,50)55-23-29)25(3)18-28-13-14-32(45)34(21-28)52-6/h18,20,24,26-28,30-38,45-46,50-51H,9-17,19,21-23H2,1-8H3/b25-18+/t24-,26+,27+,28-,30+,31-,32+,33-,34+,35-,36-,37-,38+,42?,43+/m0/s1. The van der Waals surface area contributed by atoms with Gasteiger partial charge in [0.25, 0.3) is 11.7 Å². The average molecular weight is 808 g/mol. The van der Waals surface area contributed by atoms with Crippen molar-refractivity contribution in [2.24, 2.45) is 29.6 Å². The van der Waals surface area contributed by atoms with Gasteiger partial charge in [0.05, 0.1) is 37.1 Å². The van der Waals surface area contributed by atoms with Gasteiger partial charge in [0, 0.05) is 52.0 Å². The van der Waals surface area contributed by atoms with Crippen LogP contribution in [0.5, 0.6) is 0 Å². The van der Waals surface area contributed by atoms with E-state index in [1.165, 1.54) is 19.1 Å². The maximum absolute atomic E-state index is 14.4. The lowest BCUT2D eigenvalue weighted by molar-refractivity contribution is -0.302. The summed E-state index contributed by atoms with van der Waals surface area (Å²) in [6.45, 7) is 9.47. The maximum Gasteiger partial charge on any atom is 0.329 e. The van der Waals surface area contributed by atoms with Crippen LogP contribution in [-0.4, -0.2) is 138 Å². The lowest BCUT2D eigenvalue weighted by atomic mass is 9.80. The topological polar surface area (TPSA) is 191 Å². The number of allylic oxidation sites excluding steroid dienone is 1. The number of carbonyl (C=O) groups excluding carboxylic acids is 3. The van der Waals surface area contributed by atoms with Crippen molar-refractivity contribution in [2.45, 2.75) is 166 Å². The molecule has 4 N–H and O–H groups in total. The van der Waals surface area contributed by atoms with Crippen molar-refractivity contribution < 1.29 is 63.2 Å². The van der Waals surface area contributed by atoms with Crippen LogP contribution in [0.25, 0.3) is 0 Å². The number of amides is 1. The molecule has 3 saturated heterocycles. The van der Waals surface area contributed by atoms with Crippen molar-refractivity contribution in [2.75, 3.05) is 34.5 Å². The summed E-state index contributed by atoms with van der Waals surface area (Å²) in [5.41, 5.74) is 1.65. The number of nitrogens with zero attached hydrogens (tertiary/aromatic N) is 1. The molecular weight excluding hydrogens is 738 g/mol. The number of ketones is 1. The van der Waals surface area contributed by atoms with E-state index in [1.807, 2.05) is 26.0 Å². The molecule has 4 bridgehead atoms. The van der Waals surface area contributed by atoms with Gasteiger partial charge in [-0.25, -0.2) is 4.79 Å². The number of fused-ring (bicyclic) bond motifs is 11. The first-order valence-corrected chi connectivity index (χ1v) is 21.1. The molecule has 0 aromatic carbocycles. The largest absolute Gasteiger partial charge is 0.456 e. The first-order valence-electron chi connectivity index (χ1n) is 21.1. The van der Waals surface area contributed by atoms with Crippen LogP contribution in [0, 0.1) is 29.6 Å². The summed E-state index contributed by atoms with van der Waals surface area (Å²) < 4.78 is 36.1. The van der Waals surface area contributed by atoms with Gasteiger partial charge in [0.2, 0.25) is 5.79 Å². The minimum Gasteiger partial charge on any atom is -0.456 e. The van der Waals surface area contributed by atoms with Gasteiger partial charge in [-0.2, -0.15) is 0 Å². The number of methoxy groups -OCH3 is 3. The third-order valence-electron chi connectivity index (χ3n) is 13.5. The Morgan fingerprint density at radius 3 is 2.28 bits per heavy atom. The zero-order valence-electron chi connectivity index (χ0n) is 35.3. The Bertz CT molecular complexity index is 1470. The fraction of sp³-hybridized carbons (Fsp3) is 0.837. The van der Waals surface area contributed by atoms with Crippen LogP contribution in [0.2, 0.25) is 0 Å². The molecule has 6 aliphatic rings. The zero-order valence-corrected chi connectivity index (χ0v) is 35.3. The number of esters is 1. The maximum atomic E-state index is 14.4. The molecule has 1 saturated carbocycles. The van der Waals surface area contributed by atoms with Gasteiger partial charge in [-0.05, 0) is 94.1 Å². The van der Waals surface area contributed by atoms with Crippen molar-refractivity contribution in [3.05, 3.63) is 23.3 Å². The second-order valence-corrected chi connectivity index (χ2v) is 17.6. The number of hydrogen-bond acceptors (Lipinski definition) is 13. The van der Waals surface area contributed by atoms with Crippen LogP contribution < -0.4 is 0 Å². The number of hydrogen-bond donors (Lipinski definition) is 4. The predicted octanol–water partition coefficient (Wildman–Crippen LogP) is 3.60. The Balaban J connectivity index is 1.55. The third-order valence-corrected chi connectivity index (χ3v) is 13.5. The van der Waals surface area contributed by atoms with E-state index in [1.54, 1.807) is 21.0 Å². The highest BCUT2D eigenvalue weighted by molar-refractivity contribution is 6.39. The van der Waals surface area contributed by atoms with E-state index in [0.29, 0.717) is 56.9 Å². The SMILES string of the molecule is CC[C@@H]1C=C2COC1(O)C[C@H](O)[C@@H](C)[C@H](/C(C)=C/[C@@H]1CC[C@@H](O)[C@H](OC)C1)OC(=O)[C@@H]1CCCCN1C(=O)C(=O)[C@]1(O)O[C@H]([C@@H](OC)C[C@@H](C)C2)[C@@H](OC)C[C@H]1C. The Morgan fingerprint density at radius 2 is 1.61 bits per heavy atom. The molecule has 57 heavy (non-hydrogen) atoms. The summed E-state index contributed by atoms with van der Waals surface area (Å²) in [6.07, 6.45) is 3.70. The van der Waals surface area contributed by atoms with Crippen molar-refractivity contribution in [1.82, 2.24) is 4.90 Å². The van der Waals surface area contributed by atoms with Crippen molar-refractivity contribution in [1.29, 1.82) is 0 Å². The first-order chi connectivity index (χ1) is 27.0. The number of carbonyl (C=O) groups is 3. The van der Waals surface area contributed by atoms with Gasteiger partial charge in [-0.3, -0.25) is 9.59 Å². The molecule has 1 aliphatic carbocycles. The van der Waals surface area contributed by atoms with Gasteiger partial charge >= 0.3 is 5.97 Å². The van der Waals surface area contributed by atoms with Crippen LogP contribution in [0.15, 0.2) is 23.3 Å². The zero-order chi connectivity index (χ0) is 41.8. The molecule has 0 aromatic rings. The first kappa shape index (κ1) is 45.8. The summed E-state index contributed by atoms with van der Waals surface area (Å²) >= 11 is 0. The monoisotopic (exact) mass is 807 g/mol. The minimum absolute atomic E-state index is 0.00402. The molecule has 0 aromatic heterocycles. The molecule has 1 unspecified atom stereocenters. The molecular formula is C43H69NO13. The van der Waals surface area contributed by atoms with Crippen LogP contribution in [-0.2, 0) is 42.8 Å². The van der Waals surface area contributed by atoms with E-state index in [4.69, 9.17) is 28.4 Å². The van der Waals surface area contributed by atoms with E-state index in [0.717, 1.165) is 5.57 Å². The van der Waals surface area contributed by atoms with E-state index in [2.05, 4.69) is 6.92 Å². The van der Waals surface area contributed by atoms with E-state index < -0.39 is 89.7 Å². The summed E-state index contributed by atoms with van der Waals surface area (Å²) in [6, 6.07) is -1.14. The normalized spacial score (nSPS) is 43.5. The van der Waals surface area contributed by atoms with Crippen LogP contribution >= 0.6 is 0 Å². The lowest BCUT2D eigenvalue weighted by Gasteiger charge is -2.47. The van der Waals surface area contributed by atoms with Crippen molar-refractivity contribution >= 4 is 17.7 Å². The number of ether oxygens (including phenoxy) is 6. The average Bonchev–Trinajstić information content (AvgIpc) is 3.19. The molecule has 1 amide bonds. The molecule has 0 spiro atoms. The molecule has 14 heteroatoms. The Labute approximate surface area is 338 Å². The quantitative estimate of drug-likeness (QED) is 0.173. The number of aliphatic hydroxyl groups excluding tert-OH is 2. The Hall–Kier alpha value is -2.27. The van der Waals surface area contributed by atoms with Crippen molar-refractivity contribution in [3.63, 3.8) is 0 Å². The van der Waals surface area contributed by atoms with Crippen molar-refractivity contribution in [3.8, 4) is 0 Å². The van der Waals surface area contributed by atoms with Gasteiger partial charge in [0.15, 0.2) is 5.79 Å². The second-order valence-electron chi connectivity index (χ2n) is 17.6. The minimum atomic E-state index is -2.51. The number of Topliss-reactive ketones (excluding diaryl/α,β-unsaturated/α-hetero) is 1. The summed E-state index contributed by atoms with van der Waals surface area (Å²) in [4.78, 5) is 44.0. The smallest absolute Gasteiger partial charge is 0.329 e. The van der Waals surface area contributed by atoms with Gasteiger partial charge < -0.3 is 53.7 Å².